The largest absolute Gasteiger partial charge is 0.459 e. The zero-order valence-corrected chi connectivity index (χ0v) is 9.89. The molecule has 2 rings (SSSR count). The van der Waals surface area contributed by atoms with Crippen LogP contribution in [0.1, 0.15) is 55.0 Å². The third-order valence-corrected chi connectivity index (χ3v) is 2.73. The van der Waals surface area contributed by atoms with Crippen molar-refractivity contribution in [3.8, 4) is 0 Å². The third-order valence-electron chi connectivity index (χ3n) is 2.73. The summed E-state index contributed by atoms with van der Waals surface area (Å²) in [5, 5.41) is 3.85. The summed E-state index contributed by atoms with van der Waals surface area (Å²) in [4.78, 5) is 15.5. The molecule has 1 aromatic heterocycles. The standard InChI is InChI=1S/C12H16N2O3/c1-2-16-12(15)11-13-10(14-17-11)9-7-5-3-4-6-8-9/h5,7,9H,2-4,6,8H2,1H3. The Morgan fingerprint density at radius 2 is 2.47 bits per heavy atom. The lowest BCUT2D eigenvalue weighted by atomic mass is 10.0. The second-order valence-corrected chi connectivity index (χ2v) is 4.00. The van der Waals surface area contributed by atoms with Crippen LogP contribution in [-0.2, 0) is 4.74 Å². The Morgan fingerprint density at radius 3 is 3.29 bits per heavy atom. The maximum atomic E-state index is 11.4. The van der Waals surface area contributed by atoms with Crippen molar-refractivity contribution in [3.05, 3.63) is 23.9 Å². The van der Waals surface area contributed by atoms with E-state index >= 15 is 0 Å². The van der Waals surface area contributed by atoms with E-state index in [2.05, 4.69) is 22.3 Å². The minimum absolute atomic E-state index is 0.0560. The van der Waals surface area contributed by atoms with Crippen LogP contribution < -0.4 is 0 Å². The van der Waals surface area contributed by atoms with Crippen molar-refractivity contribution in [2.75, 3.05) is 6.61 Å². The highest BCUT2D eigenvalue weighted by Gasteiger charge is 2.21. The van der Waals surface area contributed by atoms with Crippen LogP contribution in [0.4, 0.5) is 0 Å². The van der Waals surface area contributed by atoms with Crippen molar-refractivity contribution in [2.24, 2.45) is 0 Å². The van der Waals surface area contributed by atoms with Crippen LogP contribution in [-0.4, -0.2) is 22.7 Å². The summed E-state index contributed by atoms with van der Waals surface area (Å²) >= 11 is 0. The van der Waals surface area contributed by atoms with Gasteiger partial charge in [-0.2, -0.15) is 4.98 Å². The minimum Gasteiger partial charge on any atom is -0.459 e. The molecule has 1 aliphatic carbocycles. The predicted molar refractivity (Wildman–Crippen MR) is 60.6 cm³/mol. The molecule has 0 N–H and O–H groups in total. The van der Waals surface area contributed by atoms with Crippen LogP contribution in [0.5, 0.6) is 0 Å². The molecule has 1 aromatic rings. The maximum Gasteiger partial charge on any atom is 0.397 e. The monoisotopic (exact) mass is 236 g/mol. The number of ether oxygens (including phenoxy) is 1. The van der Waals surface area contributed by atoms with Gasteiger partial charge in [0.05, 0.1) is 6.61 Å². The topological polar surface area (TPSA) is 65.2 Å². The maximum absolute atomic E-state index is 11.4. The molecule has 17 heavy (non-hydrogen) atoms. The first-order chi connectivity index (χ1) is 8.31. The summed E-state index contributed by atoms with van der Waals surface area (Å²) in [5.74, 6) is 0.124. The number of rotatable bonds is 3. The van der Waals surface area contributed by atoms with Crippen LogP contribution in [0.25, 0.3) is 0 Å². The molecule has 0 aliphatic heterocycles. The Labute approximate surface area is 99.8 Å². The molecular weight excluding hydrogens is 220 g/mol. The molecule has 5 nitrogen and oxygen atoms in total. The predicted octanol–water partition coefficient (Wildman–Crippen LogP) is 2.46. The second kappa shape index (κ2) is 5.61. The first-order valence-corrected chi connectivity index (χ1v) is 5.98. The van der Waals surface area contributed by atoms with Crippen LogP contribution in [0, 0.1) is 0 Å². The van der Waals surface area contributed by atoms with Gasteiger partial charge in [0.2, 0.25) is 0 Å². The summed E-state index contributed by atoms with van der Waals surface area (Å²) in [6, 6.07) is 0. The van der Waals surface area contributed by atoms with E-state index in [1.165, 1.54) is 6.42 Å². The van der Waals surface area contributed by atoms with Gasteiger partial charge in [-0.05, 0) is 26.2 Å². The molecule has 0 amide bonds. The molecule has 0 saturated carbocycles. The normalized spacial score (nSPS) is 19.9. The van der Waals surface area contributed by atoms with Gasteiger partial charge in [0.1, 0.15) is 0 Å². The molecule has 0 aromatic carbocycles. The van der Waals surface area contributed by atoms with Gasteiger partial charge >= 0.3 is 11.9 Å². The van der Waals surface area contributed by atoms with E-state index in [0.717, 1.165) is 19.3 Å². The summed E-state index contributed by atoms with van der Waals surface area (Å²) in [5.41, 5.74) is 0. The Balaban J connectivity index is 2.09. The van der Waals surface area contributed by atoms with Crippen molar-refractivity contribution >= 4 is 5.97 Å². The number of allylic oxidation sites excluding steroid dienone is 2. The molecule has 0 bridgehead atoms. The number of hydrogen-bond donors (Lipinski definition) is 0. The van der Waals surface area contributed by atoms with E-state index in [9.17, 15) is 4.79 Å². The Morgan fingerprint density at radius 1 is 1.59 bits per heavy atom. The van der Waals surface area contributed by atoms with E-state index < -0.39 is 5.97 Å². The average Bonchev–Trinajstić information content (AvgIpc) is 2.66. The number of hydrogen-bond acceptors (Lipinski definition) is 5. The SMILES string of the molecule is CCOC(=O)c1nc(C2C=CCCCC2)no1. The van der Waals surface area contributed by atoms with Gasteiger partial charge in [-0.1, -0.05) is 23.7 Å². The van der Waals surface area contributed by atoms with Crippen LogP contribution in [0.3, 0.4) is 0 Å². The average molecular weight is 236 g/mol. The number of nitrogens with zero attached hydrogens (tertiary/aromatic N) is 2. The van der Waals surface area contributed by atoms with Crippen LogP contribution in [0.2, 0.25) is 0 Å². The van der Waals surface area contributed by atoms with Crippen molar-refractivity contribution in [1.82, 2.24) is 10.1 Å². The number of esters is 1. The minimum atomic E-state index is -0.552. The molecule has 1 atom stereocenters. The van der Waals surface area contributed by atoms with Crippen molar-refractivity contribution in [2.45, 2.75) is 38.5 Å². The van der Waals surface area contributed by atoms with E-state index in [1.807, 2.05) is 0 Å². The van der Waals surface area contributed by atoms with Crippen molar-refractivity contribution in [1.29, 1.82) is 0 Å². The first-order valence-electron chi connectivity index (χ1n) is 5.98. The van der Waals surface area contributed by atoms with Crippen molar-refractivity contribution in [3.63, 3.8) is 0 Å². The molecular formula is C12H16N2O3. The summed E-state index contributed by atoms with van der Waals surface area (Å²) in [7, 11) is 0. The van der Waals surface area contributed by atoms with E-state index in [4.69, 9.17) is 9.26 Å². The van der Waals surface area contributed by atoms with Gasteiger partial charge in [-0.25, -0.2) is 4.79 Å². The number of carbonyl (C=O) groups is 1. The van der Waals surface area contributed by atoms with Crippen LogP contribution in [0.15, 0.2) is 16.7 Å². The molecule has 92 valence electrons. The van der Waals surface area contributed by atoms with Gasteiger partial charge < -0.3 is 9.26 Å². The van der Waals surface area contributed by atoms with Gasteiger partial charge in [0.25, 0.3) is 0 Å². The molecule has 0 radical (unpaired) electrons. The fourth-order valence-corrected chi connectivity index (χ4v) is 1.86. The number of aromatic nitrogens is 2. The second-order valence-electron chi connectivity index (χ2n) is 4.00. The van der Waals surface area contributed by atoms with E-state index in [1.54, 1.807) is 6.92 Å². The smallest absolute Gasteiger partial charge is 0.397 e. The molecule has 0 spiro atoms. The fourth-order valence-electron chi connectivity index (χ4n) is 1.86. The molecule has 0 fully saturated rings. The molecule has 1 heterocycles. The molecule has 1 unspecified atom stereocenters. The summed E-state index contributed by atoms with van der Waals surface area (Å²) < 4.78 is 9.70. The third kappa shape index (κ3) is 2.93. The van der Waals surface area contributed by atoms with Gasteiger partial charge in [-0.3, -0.25) is 0 Å². The van der Waals surface area contributed by atoms with E-state index in [-0.39, 0.29) is 11.8 Å². The quantitative estimate of drug-likeness (QED) is 0.595. The van der Waals surface area contributed by atoms with E-state index in [0.29, 0.717) is 12.4 Å². The Kier molecular flexibility index (Phi) is 3.90. The highest BCUT2D eigenvalue weighted by molar-refractivity contribution is 5.83. The Hall–Kier alpha value is -1.65. The molecule has 1 aliphatic rings. The summed E-state index contributed by atoms with van der Waals surface area (Å²) in [6.07, 6.45) is 8.65. The zero-order chi connectivity index (χ0) is 12.1. The zero-order valence-electron chi connectivity index (χ0n) is 9.89. The molecule has 5 heteroatoms. The first kappa shape index (κ1) is 11.8. The number of carbonyl (C=O) groups excluding carboxylic acids is 1. The highest BCUT2D eigenvalue weighted by Crippen LogP contribution is 2.24. The van der Waals surface area contributed by atoms with Gasteiger partial charge in [0.15, 0.2) is 5.82 Å². The summed E-state index contributed by atoms with van der Waals surface area (Å²) in [6.45, 7) is 2.04. The van der Waals surface area contributed by atoms with Crippen LogP contribution >= 0.6 is 0 Å². The lowest BCUT2D eigenvalue weighted by Crippen LogP contribution is -2.05. The van der Waals surface area contributed by atoms with Crippen molar-refractivity contribution < 1.29 is 14.1 Å². The van der Waals surface area contributed by atoms with Gasteiger partial charge in [-0.15, -0.1) is 0 Å². The highest BCUT2D eigenvalue weighted by atomic mass is 16.6. The Bertz CT molecular complexity index is 412. The lowest BCUT2D eigenvalue weighted by Gasteiger charge is -2.03. The fraction of sp³-hybridized carbons (Fsp3) is 0.583. The lowest BCUT2D eigenvalue weighted by molar-refractivity contribution is 0.0470. The van der Waals surface area contributed by atoms with Gasteiger partial charge in [0, 0.05) is 5.92 Å². The molecule has 0 saturated heterocycles.